The van der Waals surface area contributed by atoms with E-state index in [1.54, 1.807) is 6.08 Å². The highest BCUT2D eigenvalue weighted by molar-refractivity contribution is 5.73. The summed E-state index contributed by atoms with van der Waals surface area (Å²) >= 11 is 0. The molecular weight excluding hydrogens is 200 g/mol. The van der Waals surface area contributed by atoms with Gasteiger partial charge in [-0.1, -0.05) is 6.08 Å². The largest absolute Gasteiger partial charge is 0.481 e. The zero-order valence-corrected chi connectivity index (χ0v) is 9.69. The van der Waals surface area contributed by atoms with Crippen LogP contribution in [-0.2, 0) is 4.79 Å². The van der Waals surface area contributed by atoms with Crippen molar-refractivity contribution in [2.45, 2.75) is 38.5 Å². The molecule has 2 nitrogen and oxygen atoms in total. The van der Waals surface area contributed by atoms with Gasteiger partial charge in [0, 0.05) is 0 Å². The first-order valence-corrected chi connectivity index (χ1v) is 6.48. The minimum Gasteiger partial charge on any atom is -0.481 e. The quantitative estimate of drug-likeness (QED) is 0.742. The Hall–Kier alpha value is -0.790. The van der Waals surface area contributed by atoms with Crippen LogP contribution in [0.4, 0.5) is 0 Å². The van der Waals surface area contributed by atoms with Gasteiger partial charge in [-0.25, -0.2) is 0 Å². The zero-order valence-electron chi connectivity index (χ0n) is 9.69. The van der Waals surface area contributed by atoms with Crippen molar-refractivity contribution in [2.24, 2.45) is 29.1 Å². The predicted octanol–water partition coefficient (Wildman–Crippen LogP) is 3.09. The molecule has 0 heterocycles. The van der Waals surface area contributed by atoms with Crippen molar-refractivity contribution in [1.29, 1.82) is 0 Å². The minimum absolute atomic E-state index is 0.0718. The Morgan fingerprint density at radius 1 is 1.19 bits per heavy atom. The van der Waals surface area contributed by atoms with Gasteiger partial charge in [-0.2, -0.15) is 0 Å². The number of carboxylic acid groups (broad SMARTS) is 1. The summed E-state index contributed by atoms with van der Waals surface area (Å²) in [5, 5.41) is 9.36. The molecule has 1 atom stereocenters. The lowest BCUT2D eigenvalue weighted by atomic mass is 9.46. The van der Waals surface area contributed by atoms with Crippen LogP contribution in [0.2, 0.25) is 0 Å². The summed E-state index contributed by atoms with van der Waals surface area (Å²) in [4.78, 5) is 11.4. The molecule has 0 aromatic rings. The van der Waals surface area contributed by atoms with E-state index in [2.05, 4.69) is 6.58 Å². The zero-order chi connectivity index (χ0) is 11.3. The highest BCUT2D eigenvalue weighted by Gasteiger charge is 2.55. The molecule has 0 aromatic heterocycles. The van der Waals surface area contributed by atoms with Gasteiger partial charge in [-0.3, -0.25) is 4.79 Å². The molecule has 0 spiro atoms. The van der Waals surface area contributed by atoms with E-state index < -0.39 is 5.97 Å². The lowest BCUT2D eigenvalue weighted by Crippen LogP contribution is -2.50. The van der Waals surface area contributed by atoms with Crippen LogP contribution in [0.25, 0.3) is 0 Å². The van der Waals surface area contributed by atoms with E-state index in [-0.39, 0.29) is 11.3 Å². The SMILES string of the molecule is C=CC(C(=O)O)C12CC3CC(CC(C3)C1)C2. The van der Waals surface area contributed by atoms with E-state index in [1.165, 1.54) is 19.3 Å². The Labute approximate surface area is 96.7 Å². The van der Waals surface area contributed by atoms with Gasteiger partial charge in [0.05, 0.1) is 5.92 Å². The van der Waals surface area contributed by atoms with Gasteiger partial charge in [-0.05, 0) is 61.7 Å². The Kier molecular flexibility index (Phi) is 2.17. The Bertz CT molecular complexity index is 296. The third-order valence-electron chi connectivity index (χ3n) is 5.25. The first-order chi connectivity index (χ1) is 7.63. The second-order valence-electron chi connectivity index (χ2n) is 6.33. The Morgan fingerprint density at radius 3 is 1.94 bits per heavy atom. The monoisotopic (exact) mass is 220 g/mol. The predicted molar refractivity (Wildman–Crippen MR) is 61.9 cm³/mol. The van der Waals surface area contributed by atoms with Crippen LogP contribution in [0.1, 0.15) is 38.5 Å². The molecule has 88 valence electrons. The van der Waals surface area contributed by atoms with Crippen LogP contribution in [0.15, 0.2) is 12.7 Å². The molecule has 4 aliphatic rings. The molecule has 1 unspecified atom stereocenters. The maximum absolute atomic E-state index is 11.4. The van der Waals surface area contributed by atoms with Crippen molar-refractivity contribution in [2.75, 3.05) is 0 Å². The average molecular weight is 220 g/mol. The van der Waals surface area contributed by atoms with E-state index in [9.17, 15) is 9.90 Å². The molecule has 0 saturated heterocycles. The number of rotatable bonds is 3. The van der Waals surface area contributed by atoms with E-state index in [0.717, 1.165) is 37.0 Å². The normalized spacial score (nSPS) is 46.6. The van der Waals surface area contributed by atoms with E-state index in [0.29, 0.717) is 0 Å². The van der Waals surface area contributed by atoms with Crippen molar-refractivity contribution in [3.05, 3.63) is 12.7 Å². The second-order valence-corrected chi connectivity index (χ2v) is 6.33. The smallest absolute Gasteiger partial charge is 0.310 e. The summed E-state index contributed by atoms with van der Waals surface area (Å²) in [5.41, 5.74) is 0.0718. The molecule has 4 aliphatic carbocycles. The number of hydrogen-bond acceptors (Lipinski definition) is 1. The molecule has 4 fully saturated rings. The fraction of sp³-hybridized carbons (Fsp3) is 0.786. The maximum Gasteiger partial charge on any atom is 0.310 e. The van der Waals surface area contributed by atoms with E-state index in [4.69, 9.17) is 0 Å². The van der Waals surface area contributed by atoms with Crippen molar-refractivity contribution in [3.63, 3.8) is 0 Å². The topological polar surface area (TPSA) is 37.3 Å². The second kappa shape index (κ2) is 3.35. The van der Waals surface area contributed by atoms with Crippen molar-refractivity contribution in [3.8, 4) is 0 Å². The van der Waals surface area contributed by atoms with Crippen LogP contribution < -0.4 is 0 Å². The van der Waals surface area contributed by atoms with Gasteiger partial charge in [0.2, 0.25) is 0 Å². The van der Waals surface area contributed by atoms with Crippen LogP contribution in [-0.4, -0.2) is 11.1 Å². The number of hydrogen-bond donors (Lipinski definition) is 1. The van der Waals surface area contributed by atoms with Crippen molar-refractivity contribution >= 4 is 5.97 Å². The molecule has 2 heteroatoms. The fourth-order valence-corrected chi connectivity index (χ4v) is 5.17. The molecule has 0 aromatic carbocycles. The first-order valence-electron chi connectivity index (χ1n) is 6.48. The molecule has 4 rings (SSSR count). The molecule has 0 aliphatic heterocycles. The molecule has 4 saturated carbocycles. The van der Waals surface area contributed by atoms with Gasteiger partial charge in [0.1, 0.15) is 0 Å². The van der Waals surface area contributed by atoms with Gasteiger partial charge in [0.25, 0.3) is 0 Å². The third-order valence-corrected chi connectivity index (χ3v) is 5.25. The van der Waals surface area contributed by atoms with Crippen LogP contribution >= 0.6 is 0 Å². The number of carboxylic acids is 1. The van der Waals surface area contributed by atoms with E-state index in [1.807, 2.05) is 0 Å². The summed E-state index contributed by atoms with van der Waals surface area (Å²) in [6.07, 6.45) is 9.20. The van der Waals surface area contributed by atoms with Crippen LogP contribution in [0, 0.1) is 29.1 Å². The third kappa shape index (κ3) is 1.35. The molecule has 4 bridgehead atoms. The average Bonchev–Trinajstić information content (AvgIpc) is 2.14. The summed E-state index contributed by atoms with van der Waals surface area (Å²) in [5.74, 6) is 1.48. The standard InChI is InChI=1S/C14H20O2/c1-2-12(13(15)16)14-6-9-3-10(7-14)5-11(4-9)8-14/h2,9-12H,1,3-8H2,(H,15,16). The lowest BCUT2D eigenvalue weighted by Gasteiger charge is -2.58. The lowest BCUT2D eigenvalue weighted by molar-refractivity contribution is -0.153. The number of aliphatic carboxylic acids is 1. The Morgan fingerprint density at radius 2 is 1.62 bits per heavy atom. The maximum atomic E-state index is 11.4. The fourth-order valence-electron chi connectivity index (χ4n) is 5.17. The molecular formula is C14H20O2. The van der Waals surface area contributed by atoms with Gasteiger partial charge < -0.3 is 5.11 Å². The van der Waals surface area contributed by atoms with Crippen molar-refractivity contribution in [1.82, 2.24) is 0 Å². The van der Waals surface area contributed by atoms with Gasteiger partial charge in [-0.15, -0.1) is 6.58 Å². The van der Waals surface area contributed by atoms with E-state index >= 15 is 0 Å². The van der Waals surface area contributed by atoms with Crippen LogP contribution in [0.3, 0.4) is 0 Å². The number of carbonyl (C=O) groups is 1. The Balaban J connectivity index is 1.93. The van der Waals surface area contributed by atoms with Gasteiger partial charge in [0.15, 0.2) is 0 Å². The first kappa shape index (κ1) is 10.4. The molecule has 16 heavy (non-hydrogen) atoms. The minimum atomic E-state index is -0.656. The molecule has 1 N–H and O–H groups in total. The highest BCUT2D eigenvalue weighted by Crippen LogP contribution is 2.62. The summed E-state index contributed by atoms with van der Waals surface area (Å²) < 4.78 is 0. The highest BCUT2D eigenvalue weighted by atomic mass is 16.4. The molecule has 0 amide bonds. The van der Waals surface area contributed by atoms with Crippen LogP contribution in [0.5, 0.6) is 0 Å². The molecule has 0 radical (unpaired) electrons. The van der Waals surface area contributed by atoms with Crippen molar-refractivity contribution < 1.29 is 9.90 Å². The summed E-state index contributed by atoms with van der Waals surface area (Å²) in [7, 11) is 0. The summed E-state index contributed by atoms with van der Waals surface area (Å²) in [6, 6.07) is 0. The van der Waals surface area contributed by atoms with Gasteiger partial charge >= 0.3 is 5.97 Å². The summed E-state index contributed by atoms with van der Waals surface area (Å²) in [6.45, 7) is 3.76.